The minimum atomic E-state index is -0.900. The fraction of sp³-hybridized carbons (Fsp3) is 0.250. The number of carboxylic acids is 1. The van der Waals surface area contributed by atoms with E-state index in [0.717, 1.165) is 6.42 Å². The summed E-state index contributed by atoms with van der Waals surface area (Å²) in [6.07, 6.45) is 7.94. The number of carboxylic acid groups (broad SMARTS) is 1. The van der Waals surface area contributed by atoms with Gasteiger partial charge in [-0.15, -0.1) is 0 Å². The molecule has 1 heterocycles. The molecule has 6 nitrogen and oxygen atoms in total. The van der Waals surface area contributed by atoms with Crippen molar-refractivity contribution in [3.63, 3.8) is 0 Å². The Bertz CT molecular complexity index is 848. The molecule has 2 aliphatic rings. The molecular formula is C20H18N2O4. The van der Waals surface area contributed by atoms with Crippen molar-refractivity contribution in [3.05, 3.63) is 60.9 Å². The number of carbonyl (C=O) groups excluding carboxylic acids is 1. The Balaban J connectivity index is 1.43. The Labute approximate surface area is 150 Å². The second-order valence-electron chi connectivity index (χ2n) is 6.64. The van der Waals surface area contributed by atoms with Crippen molar-refractivity contribution in [2.24, 2.45) is 23.7 Å². The van der Waals surface area contributed by atoms with Gasteiger partial charge in [-0.3, -0.25) is 14.6 Å². The summed E-state index contributed by atoms with van der Waals surface area (Å²) >= 11 is 0. The molecule has 1 fully saturated rings. The summed E-state index contributed by atoms with van der Waals surface area (Å²) in [4.78, 5) is 28.1. The van der Waals surface area contributed by atoms with Crippen molar-refractivity contribution in [2.45, 2.75) is 6.42 Å². The zero-order valence-corrected chi connectivity index (χ0v) is 13.9. The molecule has 1 aromatic carbocycles. The van der Waals surface area contributed by atoms with Crippen molar-refractivity contribution in [1.29, 1.82) is 0 Å². The number of allylic oxidation sites excluding steroid dienone is 2. The minimum absolute atomic E-state index is 0.00963. The normalized spacial score (nSPS) is 25.8. The molecule has 0 unspecified atom stereocenters. The van der Waals surface area contributed by atoms with Crippen LogP contribution in [0.5, 0.6) is 11.5 Å². The van der Waals surface area contributed by atoms with Crippen LogP contribution in [0.25, 0.3) is 0 Å². The Morgan fingerprint density at radius 3 is 2.23 bits per heavy atom. The first-order valence-electron chi connectivity index (χ1n) is 8.52. The number of nitrogens with one attached hydrogen (secondary N) is 1. The van der Waals surface area contributed by atoms with Gasteiger partial charge in [0.05, 0.1) is 11.8 Å². The van der Waals surface area contributed by atoms with Crippen molar-refractivity contribution in [1.82, 2.24) is 4.98 Å². The minimum Gasteiger partial charge on any atom is -0.481 e. The van der Waals surface area contributed by atoms with Crippen LogP contribution in [0.3, 0.4) is 0 Å². The Hall–Kier alpha value is -3.15. The van der Waals surface area contributed by atoms with Crippen molar-refractivity contribution in [3.8, 4) is 11.5 Å². The zero-order chi connectivity index (χ0) is 18.1. The molecule has 0 radical (unpaired) electrons. The van der Waals surface area contributed by atoms with E-state index in [-0.39, 0.29) is 17.7 Å². The maximum absolute atomic E-state index is 12.6. The maximum atomic E-state index is 12.6. The second kappa shape index (κ2) is 6.63. The lowest BCUT2D eigenvalue weighted by Crippen LogP contribution is -2.36. The first kappa shape index (κ1) is 16.3. The Morgan fingerprint density at radius 1 is 0.962 bits per heavy atom. The molecule has 2 N–H and O–H groups in total. The van der Waals surface area contributed by atoms with Gasteiger partial charge in [-0.2, -0.15) is 0 Å². The van der Waals surface area contributed by atoms with E-state index >= 15 is 0 Å². The molecule has 1 amide bonds. The summed E-state index contributed by atoms with van der Waals surface area (Å²) in [5, 5.41) is 12.3. The molecular weight excluding hydrogens is 332 g/mol. The predicted octanol–water partition coefficient (Wildman–Crippen LogP) is 3.34. The fourth-order valence-corrected chi connectivity index (χ4v) is 3.89. The van der Waals surface area contributed by atoms with E-state index in [1.807, 2.05) is 12.2 Å². The zero-order valence-electron chi connectivity index (χ0n) is 13.9. The largest absolute Gasteiger partial charge is 0.481 e. The number of ether oxygens (including phenoxy) is 1. The Morgan fingerprint density at radius 2 is 1.58 bits per heavy atom. The maximum Gasteiger partial charge on any atom is 0.307 e. The molecule has 2 aliphatic carbocycles. The number of aromatic nitrogens is 1. The van der Waals surface area contributed by atoms with Crippen molar-refractivity contribution in [2.75, 3.05) is 5.32 Å². The highest BCUT2D eigenvalue weighted by Crippen LogP contribution is 2.48. The van der Waals surface area contributed by atoms with Crippen molar-refractivity contribution < 1.29 is 19.4 Å². The van der Waals surface area contributed by atoms with E-state index in [9.17, 15) is 14.7 Å². The quantitative estimate of drug-likeness (QED) is 0.808. The smallest absolute Gasteiger partial charge is 0.307 e. The number of hydrogen-bond acceptors (Lipinski definition) is 4. The number of carbonyl (C=O) groups is 2. The first-order chi connectivity index (χ1) is 12.6. The highest BCUT2D eigenvalue weighted by Gasteiger charge is 2.51. The van der Waals surface area contributed by atoms with Crippen LogP contribution in [0.1, 0.15) is 6.42 Å². The van der Waals surface area contributed by atoms with E-state index < -0.39 is 17.8 Å². The number of anilines is 1. The third-order valence-corrected chi connectivity index (χ3v) is 5.05. The molecule has 2 bridgehead atoms. The van der Waals surface area contributed by atoms with Gasteiger partial charge in [0.1, 0.15) is 11.5 Å². The lowest BCUT2D eigenvalue weighted by Gasteiger charge is -2.23. The molecule has 1 saturated carbocycles. The Kier molecular flexibility index (Phi) is 4.16. The van der Waals surface area contributed by atoms with E-state index in [1.54, 1.807) is 48.8 Å². The molecule has 0 spiro atoms. The summed E-state index contributed by atoms with van der Waals surface area (Å²) < 4.78 is 5.69. The number of rotatable bonds is 5. The van der Waals surface area contributed by atoms with Crippen LogP contribution >= 0.6 is 0 Å². The SMILES string of the molecule is O=C(O)[C@@H]1[C@H](C(=O)Nc2ccc(Oc3ccncc3)cc2)[C@H]2C=C[C@H]1C2. The first-order valence-corrected chi connectivity index (χ1v) is 8.52. The second-order valence-corrected chi connectivity index (χ2v) is 6.64. The van der Waals surface area contributed by atoms with Crippen molar-refractivity contribution >= 4 is 17.6 Å². The van der Waals surface area contributed by atoms with E-state index in [1.165, 1.54) is 0 Å². The molecule has 4 atom stereocenters. The van der Waals surface area contributed by atoms with Gasteiger partial charge in [0.25, 0.3) is 0 Å². The lowest BCUT2D eigenvalue weighted by atomic mass is 9.82. The molecule has 4 rings (SSSR count). The summed E-state index contributed by atoms with van der Waals surface area (Å²) in [5.41, 5.74) is 0.618. The summed E-state index contributed by atoms with van der Waals surface area (Å²) in [6, 6.07) is 10.5. The molecule has 26 heavy (non-hydrogen) atoms. The summed E-state index contributed by atoms with van der Waals surface area (Å²) in [5.74, 6) is -1.01. The molecule has 0 saturated heterocycles. The van der Waals surface area contributed by atoms with Gasteiger partial charge in [0.2, 0.25) is 5.91 Å². The van der Waals surface area contributed by atoms with Crippen LogP contribution in [0.2, 0.25) is 0 Å². The van der Waals surface area contributed by atoms with Gasteiger partial charge < -0.3 is 15.2 Å². The van der Waals surface area contributed by atoms with Gasteiger partial charge in [-0.05, 0) is 54.7 Å². The topological polar surface area (TPSA) is 88.5 Å². The average Bonchev–Trinajstić information content (AvgIpc) is 3.25. The molecule has 132 valence electrons. The summed E-state index contributed by atoms with van der Waals surface area (Å²) in [7, 11) is 0. The predicted molar refractivity (Wildman–Crippen MR) is 94.7 cm³/mol. The van der Waals surface area contributed by atoms with Crippen LogP contribution in [0.4, 0.5) is 5.69 Å². The number of amides is 1. The van der Waals surface area contributed by atoms with Crippen LogP contribution in [-0.2, 0) is 9.59 Å². The number of aliphatic carboxylic acids is 1. The standard InChI is InChI=1S/C20H18N2O4/c23-19(17-12-1-2-13(11-12)18(17)20(24)25)22-14-3-5-15(6-4-14)26-16-7-9-21-10-8-16/h1-10,12-13,17-18H,11H2,(H,22,23)(H,24,25)/t12-,13-,17+,18-/m0/s1. The third kappa shape index (κ3) is 3.06. The van der Waals surface area contributed by atoms with Crippen LogP contribution in [0, 0.1) is 23.7 Å². The summed E-state index contributed by atoms with van der Waals surface area (Å²) in [6.45, 7) is 0. The monoisotopic (exact) mass is 350 g/mol. The fourth-order valence-electron chi connectivity index (χ4n) is 3.89. The number of fused-ring (bicyclic) bond motifs is 2. The van der Waals surface area contributed by atoms with E-state index in [0.29, 0.717) is 17.2 Å². The molecule has 0 aliphatic heterocycles. The van der Waals surface area contributed by atoms with Gasteiger partial charge in [0.15, 0.2) is 0 Å². The van der Waals surface area contributed by atoms with Crippen LogP contribution < -0.4 is 10.1 Å². The van der Waals surface area contributed by atoms with Gasteiger partial charge in [-0.1, -0.05) is 12.2 Å². The van der Waals surface area contributed by atoms with E-state index in [4.69, 9.17) is 4.74 Å². The molecule has 6 heteroatoms. The number of nitrogens with zero attached hydrogens (tertiary/aromatic N) is 1. The number of benzene rings is 1. The van der Waals surface area contributed by atoms with Gasteiger partial charge in [0, 0.05) is 18.1 Å². The molecule has 1 aromatic heterocycles. The lowest BCUT2D eigenvalue weighted by molar-refractivity contribution is -0.146. The van der Waals surface area contributed by atoms with E-state index in [2.05, 4.69) is 10.3 Å². The third-order valence-electron chi connectivity index (χ3n) is 5.05. The van der Waals surface area contributed by atoms with Crippen LogP contribution in [-0.4, -0.2) is 22.0 Å². The van der Waals surface area contributed by atoms with Gasteiger partial charge >= 0.3 is 5.97 Å². The number of pyridine rings is 1. The highest BCUT2D eigenvalue weighted by molar-refractivity contribution is 5.96. The van der Waals surface area contributed by atoms with Gasteiger partial charge in [-0.25, -0.2) is 0 Å². The molecule has 2 aromatic rings. The highest BCUT2D eigenvalue weighted by atomic mass is 16.5. The average molecular weight is 350 g/mol. The van der Waals surface area contributed by atoms with Crippen LogP contribution in [0.15, 0.2) is 60.9 Å². The number of hydrogen-bond donors (Lipinski definition) is 2.